The molecule has 1 aliphatic carbocycles. The van der Waals surface area contributed by atoms with Crippen molar-refractivity contribution in [2.24, 2.45) is 0 Å². The molecule has 37 heavy (non-hydrogen) atoms. The van der Waals surface area contributed by atoms with Crippen LogP contribution >= 0.6 is 39.3 Å². The Balaban J connectivity index is 1.56. The van der Waals surface area contributed by atoms with E-state index in [1.807, 2.05) is 78.9 Å². The van der Waals surface area contributed by atoms with E-state index in [0.29, 0.717) is 23.7 Å². The number of benzene rings is 3. The predicted octanol–water partition coefficient (Wildman–Crippen LogP) is 7.03. The average molecular weight is 600 g/mol. The molecule has 194 valence electrons. The van der Waals surface area contributed by atoms with Crippen molar-refractivity contribution >= 4 is 51.1 Å². The summed E-state index contributed by atoms with van der Waals surface area (Å²) in [4.78, 5) is 29.2. The number of amides is 2. The molecule has 0 bridgehead atoms. The minimum Gasteiger partial charge on any atom is -0.352 e. The molecule has 0 aliphatic heterocycles. The number of rotatable bonds is 11. The van der Waals surface area contributed by atoms with Gasteiger partial charge in [-0.25, -0.2) is 0 Å². The highest BCUT2D eigenvalue weighted by atomic mass is 79.9. The second-order valence-electron chi connectivity index (χ2n) is 9.43. The monoisotopic (exact) mass is 598 g/mol. The highest BCUT2D eigenvalue weighted by molar-refractivity contribution is 9.10. The number of hydrogen-bond acceptors (Lipinski definition) is 3. The van der Waals surface area contributed by atoms with Gasteiger partial charge in [-0.2, -0.15) is 0 Å². The molecule has 0 heterocycles. The van der Waals surface area contributed by atoms with E-state index in [-0.39, 0.29) is 23.6 Å². The van der Waals surface area contributed by atoms with Gasteiger partial charge >= 0.3 is 0 Å². The fourth-order valence-corrected chi connectivity index (χ4v) is 6.11. The molecule has 1 fully saturated rings. The second kappa shape index (κ2) is 14.0. The lowest BCUT2D eigenvalue weighted by Crippen LogP contribution is -2.52. The van der Waals surface area contributed by atoms with Crippen molar-refractivity contribution in [3.05, 3.63) is 105 Å². The molecule has 4 rings (SSSR count). The zero-order valence-electron chi connectivity index (χ0n) is 20.7. The number of nitrogens with zero attached hydrogens (tertiary/aromatic N) is 1. The molecule has 1 aliphatic rings. The molecule has 0 spiro atoms. The molecular weight excluding hydrogens is 568 g/mol. The Morgan fingerprint density at radius 3 is 2.32 bits per heavy atom. The summed E-state index contributed by atoms with van der Waals surface area (Å²) in [5, 5.41) is 3.96. The van der Waals surface area contributed by atoms with Gasteiger partial charge in [-0.1, -0.05) is 101 Å². The summed E-state index contributed by atoms with van der Waals surface area (Å²) in [6.07, 6.45) is 4.73. The van der Waals surface area contributed by atoms with Crippen molar-refractivity contribution in [2.75, 3.05) is 5.75 Å². The summed E-state index contributed by atoms with van der Waals surface area (Å²) in [7, 11) is 0. The van der Waals surface area contributed by atoms with Crippen LogP contribution in [0.3, 0.4) is 0 Å². The van der Waals surface area contributed by atoms with Gasteiger partial charge in [0.15, 0.2) is 0 Å². The Morgan fingerprint density at radius 1 is 0.946 bits per heavy atom. The Bertz CT molecular complexity index is 1170. The Kier molecular flexibility index (Phi) is 10.5. The van der Waals surface area contributed by atoms with Crippen LogP contribution in [0.4, 0.5) is 0 Å². The molecule has 3 aromatic rings. The first-order valence-electron chi connectivity index (χ1n) is 12.7. The fraction of sp³-hybridized carbons (Fsp3) is 0.333. The van der Waals surface area contributed by atoms with Crippen LogP contribution in [0.2, 0.25) is 5.02 Å². The van der Waals surface area contributed by atoms with Crippen molar-refractivity contribution in [1.82, 2.24) is 10.2 Å². The van der Waals surface area contributed by atoms with Gasteiger partial charge < -0.3 is 10.2 Å². The third kappa shape index (κ3) is 8.36. The number of hydrogen-bond donors (Lipinski definition) is 1. The third-order valence-electron chi connectivity index (χ3n) is 6.68. The Morgan fingerprint density at radius 2 is 1.62 bits per heavy atom. The molecule has 0 radical (unpaired) electrons. The number of carbonyl (C=O) groups excluding carboxylic acids is 2. The van der Waals surface area contributed by atoms with E-state index >= 15 is 0 Å². The summed E-state index contributed by atoms with van der Waals surface area (Å²) < 4.78 is 0.976. The highest BCUT2D eigenvalue weighted by Gasteiger charge is 2.32. The van der Waals surface area contributed by atoms with Gasteiger partial charge in [0, 0.05) is 34.3 Å². The largest absolute Gasteiger partial charge is 0.352 e. The van der Waals surface area contributed by atoms with Crippen LogP contribution in [0.15, 0.2) is 83.3 Å². The summed E-state index contributed by atoms with van der Waals surface area (Å²) in [6.45, 7) is 0.369. The number of halogens is 2. The normalized spacial score (nSPS) is 14.3. The minimum atomic E-state index is -0.597. The van der Waals surface area contributed by atoms with Crippen LogP contribution in [0, 0.1) is 0 Å². The van der Waals surface area contributed by atoms with Gasteiger partial charge in [-0.3, -0.25) is 9.59 Å². The van der Waals surface area contributed by atoms with Crippen LogP contribution in [0.25, 0.3) is 0 Å². The highest BCUT2D eigenvalue weighted by Crippen LogP contribution is 2.24. The quantitative estimate of drug-likeness (QED) is 0.257. The van der Waals surface area contributed by atoms with Crippen LogP contribution in [0.1, 0.15) is 42.4 Å². The Labute approximate surface area is 237 Å². The molecule has 0 saturated heterocycles. The van der Waals surface area contributed by atoms with Crippen molar-refractivity contribution < 1.29 is 9.59 Å². The van der Waals surface area contributed by atoms with Crippen LogP contribution in [0.5, 0.6) is 0 Å². The zero-order valence-corrected chi connectivity index (χ0v) is 23.9. The van der Waals surface area contributed by atoms with Gasteiger partial charge in [-0.15, -0.1) is 11.8 Å². The topological polar surface area (TPSA) is 49.4 Å². The molecule has 1 N–H and O–H groups in total. The second-order valence-corrected chi connectivity index (χ2v) is 11.7. The predicted molar refractivity (Wildman–Crippen MR) is 157 cm³/mol. The van der Waals surface area contributed by atoms with Crippen molar-refractivity contribution in [3.63, 3.8) is 0 Å². The first-order valence-corrected chi connectivity index (χ1v) is 15.0. The summed E-state index contributed by atoms with van der Waals surface area (Å²) >= 11 is 11.3. The lowest BCUT2D eigenvalue weighted by atomic mass is 10.0. The van der Waals surface area contributed by atoms with E-state index in [0.717, 1.165) is 46.8 Å². The molecule has 1 atom stereocenters. The number of nitrogens with one attached hydrogen (secondary N) is 1. The van der Waals surface area contributed by atoms with Gasteiger partial charge in [0.05, 0.1) is 5.75 Å². The maximum Gasteiger partial charge on any atom is 0.243 e. The standard InChI is InChI=1S/C30H32BrClN2O2S/c31-25-16-14-23(15-17-25)19-34(29(35)21-37-20-24-10-4-7-13-27(24)32)28(18-22-8-2-1-3-9-22)30(36)33-26-11-5-6-12-26/h1-4,7-10,13-17,26,28H,5-6,11-12,18-21H2,(H,33,36). The van der Waals surface area contributed by atoms with Gasteiger partial charge in [0.25, 0.3) is 0 Å². The Hall–Kier alpha value is -2.28. The van der Waals surface area contributed by atoms with Gasteiger partial charge in [0.2, 0.25) is 11.8 Å². The van der Waals surface area contributed by atoms with Crippen LogP contribution in [-0.2, 0) is 28.3 Å². The SMILES string of the molecule is O=C(NC1CCCC1)C(Cc1ccccc1)N(Cc1ccc(Br)cc1)C(=O)CSCc1ccccc1Cl. The number of thioether (sulfide) groups is 1. The third-order valence-corrected chi connectivity index (χ3v) is 8.54. The summed E-state index contributed by atoms with van der Waals surface area (Å²) in [5.41, 5.74) is 3.02. The first kappa shape index (κ1) is 27.7. The van der Waals surface area contributed by atoms with Crippen molar-refractivity contribution in [1.29, 1.82) is 0 Å². The van der Waals surface area contributed by atoms with E-state index in [1.54, 1.807) is 4.90 Å². The van der Waals surface area contributed by atoms with Crippen LogP contribution in [-0.4, -0.2) is 34.6 Å². The van der Waals surface area contributed by atoms with E-state index in [1.165, 1.54) is 11.8 Å². The van der Waals surface area contributed by atoms with Gasteiger partial charge in [-0.05, 0) is 47.7 Å². The zero-order chi connectivity index (χ0) is 26.0. The maximum absolute atomic E-state index is 13.7. The van der Waals surface area contributed by atoms with Crippen molar-refractivity contribution in [3.8, 4) is 0 Å². The van der Waals surface area contributed by atoms with E-state index in [9.17, 15) is 9.59 Å². The lowest BCUT2D eigenvalue weighted by Gasteiger charge is -2.32. The molecule has 0 aromatic heterocycles. The lowest BCUT2D eigenvalue weighted by molar-refractivity contribution is -0.139. The smallest absolute Gasteiger partial charge is 0.243 e. The fourth-order valence-electron chi connectivity index (χ4n) is 4.65. The summed E-state index contributed by atoms with van der Waals surface area (Å²) in [6, 6.07) is 25.2. The molecular formula is C30H32BrClN2O2S. The van der Waals surface area contributed by atoms with E-state index in [2.05, 4.69) is 21.2 Å². The summed E-state index contributed by atoms with van der Waals surface area (Å²) in [5.74, 6) is 0.777. The maximum atomic E-state index is 13.7. The van der Waals surface area contributed by atoms with E-state index in [4.69, 9.17) is 11.6 Å². The van der Waals surface area contributed by atoms with Crippen LogP contribution < -0.4 is 5.32 Å². The molecule has 4 nitrogen and oxygen atoms in total. The molecule has 7 heteroatoms. The molecule has 1 unspecified atom stereocenters. The minimum absolute atomic E-state index is 0.0533. The average Bonchev–Trinajstić information content (AvgIpc) is 3.42. The van der Waals surface area contributed by atoms with Crippen molar-refractivity contribution in [2.45, 2.75) is 56.5 Å². The first-order chi connectivity index (χ1) is 18.0. The molecule has 2 amide bonds. The van der Waals surface area contributed by atoms with E-state index < -0.39 is 6.04 Å². The molecule has 3 aromatic carbocycles. The number of carbonyl (C=O) groups is 2. The van der Waals surface area contributed by atoms with Gasteiger partial charge in [0.1, 0.15) is 6.04 Å². The molecule has 1 saturated carbocycles.